The number of nitrogens with one attached hydrogen (secondary N) is 1. The van der Waals surface area contributed by atoms with Crippen LogP contribution in [0.5, 0.6) is 0 Å². The van der Waals surface area contributed by atoms with Crippen molar-refractivity contribution in [2.45, 2.75) is 58.7 Å². The minimum absolute atomic E-state index is 0.00426. The number of hydrogen-bond donors (Lipinski definition) is 1. The van der Waals surface area contributed by atoms with E-state index < -0.39 is 5.54 Å². The van der Waals surface area contributed by atoms with Crippen LogP contribution in [-0.4, -0.2) is 28.3 Å². The lowest BCUT2D eigenvalue weighted by molar-refractivity contribution is -0.154. The summed E-state index contributed by atoms with van der Waals surface area (Å²) in [5, 5.41) is 2.81. The molecule has 0 aromatic carbocycles. The van der Waals surface area contributed by atoms with E-state index in [9.17, 15) is 9.59 Å². The molecule has 1 unspecified atom stereocenters. The summed E-state index contributed by atoms with van der Waals surface area (Å²) in [6, 6.07) is 3.80. The second-order valence-electron chi connectivity index (χ2n) is 5.69. The van der Waals surface area contributed by atoms with Gasteiger partial charge in [-0.1, -0.05) is 13.8 Å². The van der Waals surface area contributed by atoms with Gasteiger partial charge in [0.1, 0.15) is 11.6 Å². The standard InChI is InChI=1S/C15H22N2O2S/c1-5-10-7-8-11(20-10)9-17-12(6-2)13(18)16-15(3,4)14(17)19/h7-8,12H,5-6,9H2,1-4H3,(H,16,18). The van der Waals surface area contributed by atoms with Gasteiger partial charge in [0, 0.05) is 9.75 Å². The zero-order chi connectivity index (χ0) is 14.9. The minimum Gasteiger partial charge on any atom is -0.340 e. The topological polar surface area (TPSA) is 49.4 Å². The highest BCUT2D eigenvalue weighted by Crippen LogP contribution is 2.25. The average molecular weight is 294 g/mol. The van der Waals surface area contributed by atoms with Crippen LogP contribution in [0.25, 0.3) is 0 Å². The van der Waals surface area contributed by atoms with Crippen LogP contribution in [0.15, 0.2) is 12.1 Å². The summed E-state index contributed by atoms with van der Waals surface area (Å²) in [7, 11) is 0. The molecule has 1 aromatic rings. The van der Waals surface area contributed by atoms with Crippen molar-refractivity contribution in [3.63, 3.8) is 0 Å². The van der Waals surface area contributed by atoms with E-state index in [1.807, 2.05) is 6.92 Å². The van der Waals surface area contributed by atoms with Crippen LogP contribution in [0.4, 0.5) is 0 Å². The molecule has 1 aliphatic rings. The first kappa shape index (κ1) is 15.0. The SMILES string of the molecule is CCc1ccc(CN2C(=O)C(C)(C)NC(=O)C2CC)s1. The maximum Gasteiger partial charge on any atom is 0.248 e. The number of aryl methyl sites for hydroxylation is 1. The maximum atomic E-state index is 12.6. The molecular formula is C15H22N2O2S. The van der Waals surface area contributed by atoms with Crippen LogP contribution in [0.2, 0.25) is 0 Å². The Kier molecular flexibility index (Phi) is 4.18. The monoisotopic (exact) mass is 294 g/mol. The van der Waals surface area contributed by atoms with E-state index in [1.54, 1.807) is 30.1 Å². The Morgan fingerprint density at radius 3 is 2.45 bits per heavy atom. The molecule has 1 aliphatic heterocycles. The molecule has 4 nitrogen and oxygen atoms in total. The number of carbonyl (C=O) groups excluding carboxylic acids is 2. The molecule has 0 radical (unpaired) electrons. The third-order valence-electron chi connectivity index (χ3n) is 3.69. The Labute approximate surface area is 124 Å². The second kappa shape index (κ2) is 5.56. The van der Waals surface area contributed by atoms with Crippen molar-refractivity contribution in [3.05, 3.63) is 21.9 Å². The van der Waals surface area contributed by atoms with E-state index in [4.69, 9.17) is 0 Å². The van der Waals surface area contributed by atoms with Gasteiger partial charge in [-0.05, 0) is 38.8 Å². The van der Waals surface area contributed by atoms with Gasteiger partial charge in [-0.25, -0.2) is 0 Å². The van der Waals surface area contributed by atoms with Gasteiger partial charge in [0.25, 0.3) is 0 Å². The Balaban J connectivity index is 2.25. The van der Waals surface area contributed by atoms with Crippen LogP contribution in [0.3, 0.4) is 0 Å². The molecule has 1 fully saturated rings. The molecule has 2 amide bonds. The molecule has 110 valence electrons. The lowest BCUT2D eigenvalue weighted by Gasteiger charge is -2.42. The van der Waals surface area contributed by atoms with Gasteiger partial charge >= 0.3 is 0 Å². The molecule has 1 aromatic heterocycles. The van der Waals surface area contributed by atoms with Crippen LogP contribution >= 0.6 is 11.3 Å². The average Bonchev–Trinajstić information content (AvgIpc) is 2.83. The highest BCUT2D eigenvalue weighted by atomic mass is 32.1. The van der Waals surface area contributed by atoms with Gasteiger partial charge in [0.2, 0.25) is 11.8 Å². The Morgan fingerprint density at radius 1 is 1.25 bits per heavy atom. The highest BCUT2D eigenvalue weighted by Gasteiger charge is 2.44. The number of hydrogen-bond acceptors (Lipinski definition) is 3. The van der Waals surface area contributed by atoms with Crippen molar-refractivity contribution in [2.75, 3.05) is 0 Å². The number of rotatable bonds is 4. The van der Waals surface area contributed by atoms with Gasteiger partial charge in [-0.15, -0.1) is 11.3 Å². The predicted molar refractivity (Wildman–Crippen MR) is 80.5 cm³/mol. The fourth-order valence-electron chi connectivity index (χ4n) is 2.54. The molecule has 20 heavy (non-hydrogen) atoms. The largest absolute Gasteiger partial charge is 0.340 e. The highest BCUT2D eigenvalue weighted by molar-refractivity contribution is 7.11. The third-order valence-corrected chi connectivity index (χ3v) is 4.90. The Bertz CT molecular complexity index is 522. The van der Waals surface area contributed by atoms with Crippen molar-refractivity contribution in [1.82, 2.24) is 10.2 Å². The summed E-state index contributed by atoms with van der Waals surface area (Å²) in [4.78, 5) is 28.9. The normalized spacial score (nSPS) is 22.0. The minimum atomic E-state index is -0.812. The first-order valence-electron chi connectivity index (χ1n) is 7.09. The van der Waals surface area contributed by atoms with Gasteiger partial charge in [-0.3, -0.25) is 9.59 Å². The van der Waals surface area contributed by atoms with Crippen LogP contribution < -0.4 is 5.32 Å². The molecule has 0 saturated carbocycles. The summed E-state index contributed by atoms with van der Waals surface area (Å²) in [5.74, 6) is -0.0558. The smallest absolute Gasteiger partial charge is 0.248 e. The van der Waals surface area contributed by atoms with E-state index in [1.165, 1.54) is 4.88 Å². The number of amides is 2. The van der Waals surface area contributed by atoms with Crippen molar-refractivity contribution in [3.8, 4) is 0 Å². The van der Waals surface area contributed by atoms with Crippen molar-refractivity contribution >= 4 is 23.2 Å². The van der Waals surface area contributed by atoms with E-state index in [0.717, 1.165) is 11.3 Å². The Hall–Kier alpha value is -1.36. The van der Waals surface area contributed by atoms with Crippen molar-refractivity contribution in [2.24, 2.45) is 0 Å². The van der Waals surface area contributed by atoms with Crippen LogP contribution in [0.1, 0.15) is 43.9 Å². The van der Waals surface area contributed by atoms with Crippen molar-refractivity contribution in [1.29, 1.82) is 0 Å². The fourth-order valence-corrected chi connectivity index (χ4v) is 3.50. The Morgan fingerprint density at radius 2 is 1.90 bits per heavy atom. The number of nitrogens with zero attached hydrogens (tertiary/aromatic N) is 1. The van der Waals surface area contributed by atoms with E-state index in [-0.39, 0.29) is 17.9 Å². The summed E-state index contributed by atoms with van der Waals surface area (Å²) in [5.41, 5.74) is -0.812. The predicted octanol–water partition coefficient (Wildman–Crippen LogP) is 2.33. The zero-order valence-corrected chi connectivity index (χ0v) is 13.3. The molecule has 0 spiro atoms. The van der Waals surface area contributed by atoms with Crippen molar-refractivity contribution < 1.29 is 9.59 Å². The van der Waals surface area contributed by atoms with E-state index in [0.29, 0.717) is 13.0 Å². The van der Waals surface area contributed by atoms with E-state index in [2.05, 4.69) is 24.4 Å². The molecule has 2 rings (SSSR count). The maximum absolute atomic E-state index is 12.6. The lowest BCUT2D eigenvalue weighted by Crippen LogP contribution is -2.67. The molecule has 2 heterocycles. The first-order chi connectivity index (χ1) is 9.39. The third kappa shape index (κ3) is 2.73. The summed E-state index contributed by atoms with van der Waals surface area (Å²) >= 11 is 1.72. The fraction of sp³-hybridized carbons (Fsp3) is 0.600. The lowest BCUT2D eigenvalue weighted by atomic mass is 9.95. The number of piperazine rings is 1. The first-order valence-corrected chi connectivity index (χ1v) is 7.91. The molecule has 0 bridgehead atoms. The zero-order valence-electron chi connectivity index (χ0n) is 12.5. The summed E-state index contributed by atoms with van der Waals surface area (Å²) in [6.07, 6.45) is 1.64. The number of carbonyl (C=O) groups is 2. The van der Waals surface area contributed by atoms with E-state index >= 15 is 0 Å². The van der Waals surface area contributed by atoms with Gasteiger partial charge in [0.15, 0.2) is 0 Å². The van der Waals surface area contributed by atoms with Gasteiger partial charge in [0.05, 0.1) is 6.54 Å². The van der Waals surface area contributed by atoms with Gasteiger partial charge < -0.3 is 10.2 Å². The van der Waals surface area contributed by atoms with Gasteiger partial charge in [-0.2, -0.15) is 0 Å². The summed E-state index contributed by atoms with van der Waals surface area (Å²) < 4.78 is 0. The summed E-state index contributed by atoms with van der Waals surface area (Å²) in [6.45, 7) is 8.11. The molecule has 0 aliphatic carbocycles. The second-order valence-corrected chi connectivity index (χ2v) is 6.95. The number of thiophene rings is 1. The molecule has 1 saturated heterocycles. The van der Waals surface area contributed by atoms with Crippen LogP contribution in [-0.2, 0) is 22.6 Å². The quantitative estimate of drug-likeness (QED) is 0.926. The molecule has 1 N–H and O–H groups in total. The molecular weight excluding hydrogens is 272 g/mol. The molecule has 5 heteroatoms. The van der Waals surface area contributed by atoms with Crippen LogP contribution in [0, 0.1) is 0 Å². The molecule has 1 atom stereocenters.